The van der Waals surface area contributed by atoms with Crippen molar-refractivity contribution in [2.75, 3.05) is 12.4 Å². The Morgan fingerprint density at radius 3 is 2.31 bits per heavy atom. The number of carbonyl (C=O) groups is 1. The van der Waals surface area contributed by atoms with Gasteiger partial charge in [0.15, 0.2) is 6.04 Å². The predicted octanol–water partition coefficient (Wildman–Crippen LogP) is 1.68. The molecule has 2 aromatic rings. The Hall–Kier alpha value is -1.64. The molecular formula is C17H20Cl2N3O3S+. The first kappa shape index (κ1) is 20.7. The van der Waals surface area contributed by atoms with E-state index in [1.807, 2.05) is 13.1 Å². The maximum atomic E-state index is 12.4. The van der Waals surface area contributed by atoms with Gasteiger partial charge in [-0.25, -0.2) is 13.6 Å². The van der Waals surface area contributed by atoms with E-state index in [1.54, 1.807) is 19.1 Å². The van der Waals surface area contributed by atoms with Crippen molar-refractivity contribution in [3.05, 3.63) is 58.1 Å². The molecule has 2 aromatic carbocycles. The van der Waals surface area contributed by atoms with Crippen LogP contribution in [-0.2, 0) is 21.4 Å². The molecule has 0 aromatic heterocycles. The van der Waals surface area contributed by atoms with Crippen molar-refractivity contribution in [3.63, 3.8) is 0 Å². The van der Waals surface area contributed by atoms with Crippen molar-refractivity contribution < 1.29 is 18.1 Å². The zero-order valence-electron chi connectivity index (χ0n) is 14.3. The third-order valence-electron chi connectivity index (χ3n) is 4.05. The zero-order chi connectivity index (χ0) is 19.5. The highest BCUT2D eigenvalue weighted by Crippen LogP contribution is 2.22. The molecule has 0 aliphatic rings. The maximum absolute atomic E-state index is 12.4. The summed E-state index contributed by atoms with van der Waals surface area (Å²) in [6.07, 6.45) is 0. The summed E-state index contributed by atoms with van der Waals surface area (Å²) in [7, 11) is -1.86. The zero-order valence-corrected chi connectivity index (χ0v) is 16.6. The number of halogens is 2. The number of sulfonamides is 1. The molecular weight excluding hydrogens is 397 g/mol. The van der Waals surface area contributed by atoms with Crippen LogP contribution in [0.1, 0.15) is 12.5 Å². The van der Waals surface area contributed by atoms with Gasteiger partial charge in [0.2, 0.25) is 10.0 Å². The van der Waals surface area contributed by atoms with Crippen molar-refractivity contribution in [3.8, 4) is 0 Å². The van der Waals surface area contributed by atoms with Gasteiger partial charge in [-0.15, -0.1) is 0 Å². The quantitative estimate of drug-likeness (QED) is 0.668. The molecule has 0 saturated heterocycles. The number of hydrogen-bond donors (Lipinski definition) is 3. The molecule has 1 unspecified atom stereocenters. The van der Waals surface area contributed by atoms with E-state index >= 15 is 0 Å². The predicted molar refractivity (Wildman–Crippen MR) is 103 cm³/mol. The highest BCUT2D eigenvalue weighted by molar-refractivity contribution is 7.89. The number of hydrogen-bond acceptors (Lipinski definition) is 3. The van der Waals surface area contributed by atoms with E-state index in [1.165, 1.54) is 24.3 Å². The Kier molecular flexibility index (Phi) is 6.65. The fourth-order valence-corrected chi connectivity index (χ4v) is 3.16. The highest BCUT2D eigenvalue weighted by atomic mass is 35.5. The van der Waals surface area contributed by atoms with E-state index in [0.717, 1.165) is 10.5 Å². The summed E-state index contributed by atoms with van der Waals surface area (Å²) in [5.74, 6) is -0.189. The molecule has 0 heterocycles. The largest absolute Gasteiger partial charge is 0.324 e. The van der Waals surface area contributed by atoms with E-state index in [9.17, 15) is 13.2 Å². The first-order valence-corrected chi connectivity index (χ1v) is 10.1. The minimum atomic E-state index is -3.76. The normalized spacial score (nSPS) is 13.9. The van der Waals surface area contributed by atoms with Crippen LogP contribution in [0.15, 0.2) is 47.4 Å². The Balaban J connectivity index is 2.00. The molecule has 1 amide bonds. The van der Waals surface area contributed by atoms with Crippen LogP contribution >= 0.6 is 23.2 Å². The molecule has 0 radical (unpaired) electrons. The van der Waals surface area contributed by atoms with Crippen molar-refractivity contribution in [2.24, 2.45) is 5.14 Å². The molecule has 9 heteroatoms. The number of primary sulfonamides is 1. The van der Waals surface area contributed by atoms with Crippen LogP contribution in [0.25, 0.3) is 0 Å². The first-order valence-electron chi connectivity index (χ1n) is 7.78. The van der Waals surface area contributed by atoms with E-state index in [4.69, 9.17) is 28.3 Å². The van der Waals surface area contributed by atoms with Gasteiger partial charge in [0.05, 0.1) is 22.0 Å². The Labute approximate surface area is 162 Å². The average Bonchev–Trinajstić information content (AvgIpc) is 2.57. The second-order valence-electron chi connectivity index (χ2n) is 6.05. The van der Waals surface area contributed by atoms with Gasteiger partial charge in [-0.05, 0) is 43.3 Å². The number of carbonyl (C=O) groups excluding carboxylic acids is 1. The third-order valence-corrected chi connectivity index (χ3v) is 5.72. The molecule has 0 fully saturated rings. The fourth-order valence-electron chi connectivity index (χ4n) is 2.33. The van der Waals surface area contributed by atoms with Crippen LogP contribution in [0.2, 0.25) is 10.0 Å². The van der Waals surface area contributed by atoms with Crippen LogP contribution in [0, 0.1) is 0 Å². The third kappa shape index (κ3) is 5.43. The van der Waals surface area contributed by atoms with Gasteiger partial charge in [0, 0.05) is 11.3 Å². The summed E-state index contributed by atoms with van der Waals surface area (Å²) in [6, 6.07) is 10.7. The monoisotopic (exact) mass is 416 g/mol. The second kappa shape index (κ2) is 8.37. The summed E-state index contributed by atoms with van der Waals surface area (Å²) in [4.78, 5) is 13.4. The topological polar surface area (TPSA) is 93.7 Å². The van der Waals surface area contributed by atoms with Crippen LogP contribution < -0.4 is 15.4 Å². The number of rotatable bonds is 6. The number of likely N-dealkylation sites (N-methyl/N-ethyl adjacent to an activating group) is 1. The molecule has 0 spiro atoms. The van der Waals surface area contributed by atoms with Gasteiger partial charge in [0.1, 0.15) is 6.54 Å². The minimum Gasteiger partial charge on any atom is -0.324 e. The van der Waals surface area contributed by atoms with Crippen molar-refractivity contribution in [2.45, 2.75) is 24.4 Å². The van der Waals surface area contributed by atoms with E-state index < -0.39 is 10.0 Å². The molecule has 0 bridgehead atoms. The number of benzene rings is 2. The van der Waals surface area contributed by atoms with Crippen molar-refractivity contribution in [1.29, 1.82) is 0 Å². The lowest BCUT2D eigenvalue weighted by Gasteiger charge is -2.21. The Morgan fingerprint density at radius 1 is 1.15 bits per heavy atom. The Bertz CT molecular complexity index is 902. The van der Waals surface area contributed by atoms with Crippen LogP contribution in [0.3, 0.4) is 0 Å². The van der Waals surface area contributed by atoms with Gasteiger partial charge < -0.3 is 10.2 Å². The Morgan fingerprint density at radius 2 is 1.77 bits per heavy atom. The SMILES string of the molecule is C[C@@H](C(=O)Nc1ccc(S(N)(=O)=O)cc1)[NH+](C)Cc1ccc(Cl)c(Cl)c1. The molecule has 26 heavy (non-hydrogen) atoms. The lowest BCUT2D eigenvalue weighted by atomic mass is 10.2. The van der Waals surface area contributed by atoms with Crippen LogP contribution in [-0.4, -0.2) is 27.4 Å². The minimum absolute atomic E-state index is 0.00842. The number of amides is 1. The summed E-state index contributed by atoms with van der Waals surface area (Å²) in [5, 5.41) is 8.78. The molecule has 140 valence electrons. The van der Waals surface area contributed by atoms with E-state index in [0.29, 0.717) is 22.3 Å². The van der Waals surface area contributed by atoms with Crippen molar-refractivity contribution in [1.82, 2.24) is 0 Å². The molecule has 0 aliphatic heterocycles. The molecule has 2 atom stereocenters. The summed E-state index contributed by atoms with van der Waals surface area (Å²) in [6.45, 7) is 2.40. The van der Waals surface area contributed by atoms with Gasteiger partial charge >= 0.3 is 0 Å². The molecule has 0 saturated carbocycles. The maximum Gasteiger partial charge on any atom is 0.282 e. The molecule has 6 nitrogen and oxygen atoms in total. The fraction of sp³-hybridized carbons (Fsp3) is 0.235. The number of nitrogens with one attached hydrogen (secondary N) is 2. The smallest absolute Gasteiger partial charge is 0.282 e. The lowest BCUT2D eigenvalue weighted by Crippen LogP contribution is -3.12. The molecule has 4 N–H and O–H groups in total. The summed E-state index contributed by atoms with van der Waals surface area (Å²) in [5.41, 5.74) is 1.46. The standard InChI is InChI=1S/C17H19Cl2N3O3S/c1-11(22(2)10-12-3-8-15(18)16(19)9-12)17(23)21-13-4-6-14(7-5-13)26(20,24)25/h3-9,11H,10H2,1-2H3,(H,21,23)(H2,20,24,25)/p+1/t11-/m0/s1. The van der Waals surface area contributed by atoms with Crippen LogP contribution in [0.4, 0.5) is 5.69 Å². The van der Waals surface area contributed by atoms with Gasteiger partial charge in [-0.1, -0.05) is 29.3 Å². The van der Waals surface area contributed by atoms with Gasteiger partial charge in [0.25, 0.3) is 5.91 Å². The average molecular weight is 417 g/mol. The summed E-state index contributed by atoms with van der Waals surface area (Å²) >= 11 is 11.9. The number of nitrogens with two attached hydrogens (primary N) is 1. The van der Waals surface area contributed by atoms with E-state index in [-0.39, 0.29) is 16.8 Å². The highest BCUT2D eigenvalue weighted by Gasteiger charge is 2.22. The number of quaternary nitrogens is 1. The van der Waals surface area contributed by atoms with Gasteiger partial charge in [-0.2, -0.15) is 0 Å². The van der Waals surface area contributed by atoms with Crippen molar-refractivity contribution >= 4 is 44.8 Å². The second-order valence-corrected chi connectivity index (χ2v) is 8.43. The van der Waals surface area contributed by atoms with Crippen LogP contribution in [0.5, 0.6) is 0 Å². The molecule has 0 aliphatic carbocycles. The van der Waals surface area contributed by atoms with Gasteiger partial charge in [-0.3, -0.25) is 4.79 Å². The number of anilines is 1. The lowest BCUT2D eigenvalue weighted by molar-refractivity contribution is -0.907. The first-order chi connectivity index (χ1) is 12.1. The summed E-state index contributed by atoms with van der Waals surface area (Å²) < 4.78 is 22.5. The van der Waals surface area contributed by atoms with E-state index in [2.05, 4.69) is 5.32 Å². The molecule has 2 rings (SSSR count).